The number of amides is 1. The van der Waals surface area contributed by atoms with Gasteiger partial charge in [0.2, 0.25) is 0 Å². The third-order valence-electron chi connectivity index (χ3n) is 5.05. The Morgan fingerprint density at radius 1 is 1.24 bits per heavy atom. The van der Waals surface area contributed by atoms with Crippen LogP contribution in [0.25, 0.3) is 16.3 Å². The molecule has 0 radical (unpaired) electrons. The maximum atomic E-state index is 12.6. The zero-order valence-corrected chi connectivity index (χ0v) is 22.0. The van der Waals surface area contributed by atoms with Gasteiger partial charge in [0.05, 0.1) is 37.2 Å². The Morgan fingerprint density at radius 2 is 2.03 bits per heavy atom. The number of hydrogen-bond donors (Lipinski definition) is 1. The number of rotatable bonds is 8. The molecule has 38 heavy (non-hydrogen) atoms. The number of nitriles is 1. The van der Waals surface area contributed by atoms with Crippen LogP contribution in [0.15, 0.2) is 75.5 Å². The average Bonchev–Trinajstić information content (AvgIpc) is 3.29. The van der Waals surface area contributed by atoms with Crippen molar-refractivity contribution in [2.45, 2.75) is 16.2 Å². The molecule has 190 valence electrons. The highest BCUT2D eigenvalue weighted by atomic mass is 35.5. The Morgan fingerprint density at radius 3 is 2.74 bits per heavy atom. The molecule has 0 fully saturated rings. The fourth-order valence-corrected chi connectivity index (χ4v) is 5.70. The van der Waals surface area contributed by atoms with Gasteiger partial charge in [0.15, 0.2) is 4.34 Å². The number of nitro groups is 1. The molecule has 0 bridgehead atoms. The van der Waals surface area contributed by atoms with Crippen LogP contribution in [0.3, 0.4) is 0 Å². The van der Waals surface area contributed by atoms with E-state index in [4.69, 9.17) is 16.3 Å². The number of carbonyl (C=O) groups excluding carboxylic acids is 2. The number of hydrogen-bond acceptors (Lipinski definition) is 9. The normalized spacial score (nSPS) is 11.1. The van der Waals surface area contributed by atoms with E-state index in [2.05, 4.69) is 10.3 Å². The van der Waals surface area contributed by atoms with E-state index in [0.29, 0.717) is 36.6 Å². The van der Waals surface area contributed by atoms with Crippen molar-refractivity contribution in [3.63, 3.8) is 0 Å². The molecule has 0 saturated heterocycles. The largest absolute Gasteiger partial charge is 0.462 e. The van der Waals surface area contributed by atoms with E-state index in [9.17, 15) is 25.0 Å². The minimum atomic E-state index is -0.798. The highest BCUT2D eigenvalue weighted by Crippen LogP contribution is 2.40. The van der Waals surface area contributed by atoms with E-state index in [1.54, 1.807) is 61.5 Å². The second-order valence-electron chi connectivity index (χ2n) is 7.57. The second kappa shape index (κ2) is 11.9. The third-order valence-corrected chi connectivity index (χ3v) is 7.52. The molecule has 0 unspecified atom stereocenters. The molecule has 3 aromatic carbocycles. The zero-order valence-electron chi connectivity index (χ0n) is 19.6. The predicted octanol–water partition coefficient (Wildman–Crippen LogP) is 6.73. The molecule has 0 spiro atoms. The molecule has 1 N–H and O–H groups in total. The minimum Gasteiger partial charge on any atom is -0.462 e. The summed E-state index contributed by atoms with van der Waals surface area (Å²) < 4.78 is 6.17. The van der Waals surface area contributed by atoms with Gasteiger partial charge in [-0.2, -0.15) is 5.26 Å². The van der Waals surface area contributed by atoms with E-state index in [-0.39, 0.29) is 23.8 Å². The van der Waals surface area contributed by atoms with Gasteiger partial charge in [-0.05, 0) is 55.0 Å². The van der Waals surface area contributed by atoms with Crippen molar-refractivity contribution in [3.05, 3.63) is 92.5 Å². The number of nitrogens with zero attached hydrogens (tertiary/aromatic N) is 3. The number of carbonyl (C=O) groups is 2. The van der Waals surface area contributed by atoms with E-state index in [1.165, 1.54) is 29.5 Å². The molecule has 0 aliphatic carbocycles. The van der Waals surface area contributed by atoms with Crippen molar-refractivity contribution in [1.82, 2.24) is 4.98 Å². The van der Waals surface area contributed by atoms with Crippen molar-refractivity contribution in [2.75, 3.05) is 11.9 Å². The molecule has 0 saturated carbocycles. The summed E-state index contributed by atoms with van der Waals surface area (Å²) in [6.07, 6.45) is 1.25. The van der Waals surface area contributed by atoms with Crippen LogP contribution in [0.5, 0.6) is 0 Å². The van der Waals surface area contributed by atoms with Crippen LogP contribution in [-0.2, 0) is 9.53 Å². The van der Waals surface area contributed by atoms with Gasteiger partial charge >= 0.3 is 5.97 Å². The molecular weight excluding hydrogens is 548 g/mol. The number of nitrogens with one attached hydrogen (secondary N) is 1. The summed E-state index contributed by atoms with van der Waals surface area (Å²) in [6.45, 7) is 1.72. The van der Waals surface area contributed by atoms with Crippen LogP contribution < -0.4 is 5.32 Å². The van der Waals surface area contributed by atoms with Crippen LogP contribution >= 0.6 is 34.7 Å². The van der Waals surface area contributed by atoms with Gasteiger partial charge in [-0.15, -0.1) is 11.3 Å². The standard InChI is InChI=1S/C26H17ClN4O5S2/c1-2-36-25(33)16(14-28)11-15-7-10-22(21(12-15)31(34)35)37-26-30-20-9-8-17(13-23(20)38-26)29-24(32)18-5-3-4-6-19(18)27/h3-13H,2H2,1H3,(H,29,32)/b16-11+. The van der Waals surface area contributed by atoms with E-state index < -0.39 is 10.9 Å². The second-order valence-corrected chi connectivity index (χ2v) is 10.3. The maximum absolute atomic E-state index is 12.6. The molecule has 1 amide bonds. The number of anilines is 1. The molecular formula is C26H17ClN4O5S2. The summed E-state index contributed by atoms with van der Waals surface area (Å²) in [5.41, 5.74) is 1.43. The molecule has 4 rings (SSSR count). The first-order valence-electron chi connectivity index (χ1n) is 11.0. The number of halogens is 1. The lowest BCUT2D eigenvalue weighted by molar-refractivity contribution is -0.387. The summed E-state index contributed by atoms with van der Waals surface area (Å²) in [7, 11) is 0. The van der Waals surface area contributed by atoms with Crippen LogP contribution in [0.2, 0.25) is 5.02 Å². The summed E-state index contributed by atoms with van der Waals surface area (Å²) >= 11 is 8.54. The van der Waals surface area contributed by atoms with Crippen molar-refractivity contribution in [3.8, 4) is 6.07 Å². The van der Waals surface area contributed by atoms with Crippen molar-refractivity contribution in [1.29, 1.82) is 5.26 Å². The van der Waals surface area contributed by atoms with Gasteiger partial charge in [0.25, 0.3) is 11.6 Å². The number of benzene rings is 3. The monoisotopic (exact) mass is 564 g/mol. The van der Waals surface area contributed by atoms with Crippen LogP contribution in [-0.4, -0.2) is 28.4 Å². The van der Waals surface area contributed by atoms with Gasteiger partial charge in [0.1, 0.15) is 11.6 Å². The minimum absolute atomic E-state index is 0.102. The molecule has 4 aromatic rings. The Bertz CT molecular complexity index is 1640. The topological polar surface area (TPSA) is 135 Å². The molecule has 12 heteroatoms. The summed E-state index contributed by atoms with van der Waals surface area (Å²) in [6, 6.07) is 18.1. The third kappa shape index (κ3) is 6.18. The molecule has 9 nitrogen and oxygen atoms in total. The Labute approximate surface area is 229 Å². The number of ether oxygens (including phenoxy) is 1. The van der Waals surface area contributed by atoms with Gasteiger partial charge < -0.3 is 10.1 Å². The number of thiazole rings is 1. The van der Waals surface area contributed by atoms with Crippen LogP contribution in [0, 0.1) is 21.4 Å². The summed E-state index contributed by atoms with van der Waals surface area (Å²) in [5, 5.41) is 24.1. The van der Waals surface area contributed by atoms with Crippen molar-refractivity contribution < 1.29 is 19.2 Å². The lowest BCUT2D eigenvalue weighted by Gasteiger charge is -2.06. The van der Waals surface area contributed by atoms with Gasteiger partial charge in [0, 0.05) is 11.8 Å². The van der Waals surface area contributed by atoms with E-state index >= 15 is 0 Å². The summed E-state index contributed by atoms with van der Waals surface area (Å²) in [5.74, 6) is -1.14. The first kappa shape index (κ1) is 26.8. The van der Waals surface area contributed by atoms with Crippen molar-refractivity contribution in [2.24, 2.45) is 0 Å². The number of esters is 1. The Kier molecular flexibility index (Phi) is 8.38. The molecule has 0 aliphatic heterocycles. The molecule has 1 aromatic heterocycles. The lowest BCUT2D eigenvalue weighted by Crippen LogP contribution is -2.12. The first-order valence-corrected chi connectivity index (χ1v) is 13.0. The van der Waals surface area contributed by atoms with Crippen LogP contribution in [0.4, 0.5) is 11.4 Å². The predicted molar refractivity (Wildman–Crippen MR) is 146 cm³/mol. The maximum Gasteiger partial charge on any atom is 0.348 e. The smallest absolute Gasteiger partial charge is 0.348 e. The zero-order chi connectivity index (χ0) is 27.2. The number of aromatic nitrogens is 1. The fourth-order valence-electron chi connectivity index (χ4n) is 3.33. The van der Waals surface area contributed by atoms with E-state index in [0.717, 1.165) is 16.5 Å². The number of fused-ring (bicyclic) bond motifs is 1. The Hall–Kier alpha value is -4.24. The van der Waals surface area contributed by atoms with Gasteiger partial charge in [-0.25, -0.2) is 9.78 Å². The number of nitro benzene ring substituents is 1. The van der Waals surface area contributed by atoms with E-state index in [1.807, 2.05) is 0 Å². The summed E-state index contributed by atoms with van der Waals surface area (Å²) in [4.78, 5) is 40.6. The molecule has 0 atom stereocenters. The van der Waals surface area contributed by atoms with Gasteiger partial charge in [-0.3, -0.25) is 14.9 Å². The fraction of sp³-hybridized carbons (Fsp3) is 0.0769. The van der Waals surface area contributed by atoms with Crippen molar-refractivity contribution >= 4 is 74.2 Å². The Balaban J connectivity index is 1.57. The molecule has 0 aliphatic rings. The highest BCUT2D eigenvalue weighted by molar-refractivity contribution is 8.01. The van der Waals surface area contributed by atoms with Crippen LogP contribution in [0.1, 0.15) is 22.8 Å². The SMILES string of the molecule is CCOC(=O)/C(C#N)=C/c1ccc(Sc2nc3ccc(NC(=O)c4ccccc4Cl)cc3s2)c([N+](=O)[O-])c1. The van der Waals surface area contributed by atoms with Gasteiger partial charge in [-0.1, -0.05) is 41.6 Å². The highest BCUT2D eigenvalue weighted by Gasteiger charge is 2.19. The average molecular weight is 565 g/mol. The molecule has 1 heterocycles. The lowest BCUT2D eigenvalue weighted by atomic mass is 10.1. The first-order chi connectivity index (χ1) is 18.3. The quantitative estimate of drug-likeness (QED) is 0.0817.